The molecule has 0 heterocycles. The molecule has 0 aliphatic heterocycles. The van der Waals surface area contributed by atoms with E-state index in [1.807, 2.05) is 0 Å². The highest BCUT2D eigenvalue weighted by Crippen LogP contribution is 2.61. The molecule has 7 aromatic carbocycles. The Balaban J connectivity index is 1.06. The standard InChI is InChI=1S/C52H46N2/c1-51(2)47-22-13-12-21-46(47)50-48(51)23-14-24-49(50)54(43-19-10-5-11-20-43)45-33-29-39(30-34-45)52(36-37-25-26-40(52)35-37)38-27-31-44(32-28-38)53(41-15-6-3-7-16-41)42-17-8-4-9-18-42/h3-24,27-34,37,40H,25-26,35-36H2,1-2H3. The Kier molecular flexibility index (Phi) is 7.84. The lowest BCUT2D eigenvalue weighted by Gasteiger charge is -2.40. The second-order valence-electron chi connectivity index (χ2n) is 16.2. The number of fused-ring (bicyclic) bond motifs is 5. The van der Waals surface area contributed by atoms with Crippen molar-refractivity contribution in [2.75, 3.05) is 9.80 Å². The highest BCUT2D eigenvalue weighted by Gasteiger charge is 2.52. The average molecular weight is 699 g/mol. The Labute approximate surface area is 320 Å². The van der Waals surface area contributed by atoms with Crippen molar-refractivity contribution in [3.8, 4) is 11.1 Å². The molecule has 0 spiro atoms. The molecule has 2 fully saturated rings. The highest BCUT2D eigenvalue weighted by atomic mass is 15.1. The zero-order valence-electron chi connectivity index (χ0n) is 31.2. The zero-order valence-corrected chi connectivity index (χ0v) is 31.2. The molecular weight excluding hydrogens is 653 g/mol. The van der Waals surface area contributed by atoms with Crippen molar-refractivity contribution < 1.29 is 0 Å². The van der Waals surface area contributed by atoms with E-state index in [0.29, 0.717) is 5.92 Å². The highest BCUT2D eigenvalue weighted by molar-refractivity contribution is 5.95. The molecular formula is C52H46N2. The van der Waals surface area contributed by atoms with Gasteiger partial charge in [-0.15, -0.1) is 0 Å². The van der Waals surface area contributed by atoms with Gasteiger partial charge in [0.25, 0.3) is 0 Å². The van der Waals surface area contributed by atoms with Crippen molar-refractivity contribution in [3.05, 3.63) is 204 Å². The fourth-order valence-electron chi connectivity index (χ4n) is 10.5. The van der Waals surface area contributed by atoms with Gasteiger partial charge in [-0.05, 0) is 126 Å². The predicted molar refractivity (Wildman–Crippen MR) is 226 cm³/mol. The summed E-state index contributed by atoms with van der Waals surface area (Å²) in [4.78, 5) is 4.84. The van der Waals surface area contributed by atoms with Crippen LogP contribution in [0.5, 0.6) is 0 Å². The minimum absolute atomic E-state index is 0.0127. The maximum Gasteiger partial charge on any atom is 0.0543 e. The molecule has 2 saturated carbocycles. The van der Waals surface area contributed by atoms with Crippen molar-refractivity contribution in [1.82, 2.24) is 0 Å². The van der Waals surface area contributed by atoms with Crippen molar-refractivity contribution >= 4 is 34.1 Å². The van der Waals surface area contributed by atoms with E-state index in [9.17, 15) is 0 Å². The van der Waals surface area contributed by atoms with Crippen LogP contribution in [-0.2, 0) is 10.8 Å². The van der Waals surface area contributed by atoms with E-state index < -0.39 is 0 Å². The van der Waals surface area contributed by atoms with E-state index in [1.54, 1.807) is 0 Å². The van der Waals surface area contributed by atoms with Gasteiger partial charge < -0.3 is 9.80 Å². The second kappa shape index (κ2) is 12.9. The first-order chi connectivity index (χ1) is 26.5. The number of para-hydroxylation sites is 3. The molecule has 0 radical (unpaired) electrons. The lowest BCUT2D eigenvalue weighted by atomic mass is 9.64. The minimum Gasteiger partial charge on any atom is -0.311 e. The summed E-state index contributed by atoms with van der Waals surface area (Å²) < 4.78 is 0. The summed E-state index contributed by atoms with van der Waals surface area (Å²) in [6, 6.07) is 67.5. The molecule has 2 nitrogen and oxygen atoms in total. The Morgan fingerprint density at radius 3 is 1.46 bits per heavy atom. The first-order valence-corrected chi connectivity index (χ1v) is 19.7. The third-order valence-corrected chi connectivity index (χ3v) is 13.0. The quantitative estimate of drug-likeness (QED) is 0.156. The van der Waals surface area contributed by atoms with Gasteiger partial charge in [-0.25, -0.2) is 0 Å². The molecule has 10 rings (SSSR count). The van der Waals surface area contributed by atoms with Gasteiger partial charge in [-0.2, -0.15) is 0 Å². The van der Waals surface area contributed by atoms with Crippen molar-refractivity contribution in [1.29, 1.82) is 0 Å². The summed E-state index contributed by atoms with van der Waals surface area (Å²) in [6.45, 7) is 4.73. The first-order valence-electron chi connectivity index (χ1n) is 19.7. The van der Waals surface area contributed by atoms with Crippen LogP contribution in [0.2, 0.25) is 0 Å². The van der Waals surface area contributed by atoms with Crippen LogP contribution >= 0.6 is 0 Å². The van der Waals surface area contributed by atoms with E-state index in [1.165, 1.54) is 93.2 Å². The fraction of sp³-hybridized carbons (Fsp3) is 0.192. The molecule has 3 atom stereocenters. The molecule has 2 bridgehead atoms. The largest absolute Gasteiger partial charge is 0.311 e. The molecule has 0 N–H and O–H groups in total. The van der Waals surface area contributed by atoms with Crippen LogP contribution in [-0.4, -0.2) is 0 Å². The van der Waals surface area contributed by atoms with Gasteiger partial charge in [0.2, 0.25) is 0 Å². The van der Waals surface area contributed by atoms with Gasteiger partial charge in [0, 0.05) is 44.8 Å². The molecule has 3 aliphatic carbocycles. The van der Waals surface area contributed by atoms with E-state index in [2.05, 4.69) is 206 Å². The maximum atomic E-state index is 2.48. The molecule has 0 amide bonds. The fourth-order valence-corrected chi connectivity index (χ4v) is 10.5. The monoisotopic (exact) mass is 698 g/mol. The third-order valence-electron chi connectivity index (χ3n) is 13.0. The lowest BCUT2D eigenvalue weighted by molar-refractivity contribution is 0.320. The van der Waals surface area contributed by atoms with Gasteiger partial charge in [-0.3, -0.25) is 0 Å². The van der Waals surface area contributed by atoms with Crippen LogP contribution < -0.4 is 9.80 Å². The number of rotatable bonds is 8. The zero-order chi connectivity index (χ0) is 36.3. The van der Waals surface area contributed by atoms with E-state index in [4.69, 9.17) is 0 Å². The van der Waals surface area contributed by atoms with E-state index >= 15 is 0 Å². The number of nitrogens with zero attached hydrogens (tertiary/aromatic N) is 2. The average Bonchev–Trinajstić information content (AvgIpc) is 3.92. The summed E-state index contributed by atoms with van der Waals surface area (Å²) in [5.41, 5.74) is 15.4. The molecule has 7 aromatic rings. The van der Waals surface area contributed by atoms with Gasteiger partial charge in [-0.1, -0.05) is 136 Å². The van der Waals surface area contributed by atoms with Crippen LogP contribution in [0.1, 0.15) is 61.8 Å². The Hall–Kier alpha value is -5.86. The molecule has 54 heavy (non-hydrogen) atoms. The van der Waals surface area contributed by atoms with Crippen LogP contribution in [0.4, 0.5) is 34.1 Å². The smallest absolute Gasteiger partial charge is 0.0543 e. The third kappa shape index (κ3) is 5.15. The van der Waals surface area contributed by atoms with Crippen molar-refractivity contribution in [3.63, 3.8) is 0 Å². The summed E-state index contributed by atoms with van der Waals surface area (Å²) in [5, 5.41) is 0. The number of anilines is 6. The molecule has 0 aromatic heterocycles. The van der Waals surface area contributed by atoms with Crippen molar-refractivity contribution in [2.24, 2.45) is 11.8 Å². The van der Waals surface area contributed by atoms with E-state index in [-0.39, 0.29) is 10.8 Å². The van der Waals surface area contributed by atoms with Gasteiger partial charge in [0.15, 0.2) is 0 Å². The molecule has 2 heteroatoms. The molecule has 3 aliphatic rings. The van der Waals surface area contributed by atoms with E-state index in [0.717, 1.165) is 5.92 Å². The summed E-state index contributed by atoms with van der Waals surface area (Å²) in [6.07, 6.45) is 5.20. The predicted octanol–water partition coefficient (Wildman–Crippen LogP) is 14.0. The topological polar surface area (TPSA) is 6.48 Å². The number of hydrogen-bond donors (Lipinski definition) is 0. The molecule has 0 saturated heterocycles. The van der Waals surface area contributed by atoms with Gasteiger partial charge in [0.1, 0.15) is 0 Å². The maximum absolute atomic E-state index is 2.48. The Bertz CT molecular complexity index is 2380. The molecule has 3 unspecified atom stereocenters. The van der Waals surface area contributed by atoms with Crippen molar-refractivity contribution in [2.45, 2.75) is 50.4 Å². The second-order valence-corrected chi connectivity index (χ2v) is 16.2. The van der Waals surface area contributed by atoms with Gasteiger partial charge >= 0.3 is 0 Å². The lowest BCUT2D eigenvalue weighted by Crippen LogP contribution is -2.34. The summed E-state index contributed by atoms with van der Waals surface area (Å²) >= 11 is 0. The molecule has 264 valence electrons. The Morgan fingerprint density at radius 1 is 0.444 bits per heavy atom. The minimum atomic E-state index is -0.0584. The van der Waals surface area contributed by atoms with Crippen LogP contribution in [0.15, 0.2) is 182 Å². The van der Waals surface area contributed by atoms with Gasteiger partial charge in [0.05, 0.1) is 5.69 Å². The normalized spacial score (nSPS) is 20.3. The van der Waals surface area contributed by atoms with Crippen LogP contribution in [0.3, 0.4) is 0 Å². The summed E-state index contributed by atoms with van der Waals surface area (Å²) in [5.74, 6) is 1.44. The SMILES string of the molecule is CC1(C)c2ccccc2-c2c(N(c3ccccc3)c3ccc(C4(c5ccc(N(c6ccccc6)c6ccccc6)cc5)CC5CCC4C5)cc3)cccc21. The van der Waals surface area contributed by atoms with Crippen LogP contribution in [0.25, 0.3) is 11.1 Å². The van der Waals surface area contributed by atoms with Crippen LogP contribution in [0, 0.1) is 11.8 Å². The Morgan fingerprint density at radius 2 is 0.926 bits per heavy atom. The first kappa shape index (κ1) is 32.8. The number of hydrogen-bond acceptors (Lipinski definition) is 2. The number of benzene rings is 7. The summed E-state index contributed by atoms with van der Waals surface area (Å²) in [7, 11) is 0.